The summed E-state index contributed by atoms with van der Waals surface area (Å²) < 4.78 is 9.96. The Labute approximate surface area is 79.7 Å². The minimum atomic E-state index is -0.183. The number of hydrogen-bond acceptors (Lipinski definition) is 3. The van der Waals surface area contributed by atoms with E-state index in [9.17, 15) is 4.79 Å². The van der Waals surface area contributed by atoms with Gasteiger partial charge in [-0.05, 0) is 6.42 Å². The summed E-state index contributed by atoms with van der Waals surface area (Å²) in [4.78, 5) is 11.0. The average Bonchev–Trinajstić information content (AvgIpc) is 2.13. The van der Waals surface area contributed by atoms with Gasteiger partial charge in [0.1, 0.15) is 0 Å². The van der Waals surface area contributed by atoms with E-state index in [1.54, 1.807) is 6.08 Å². The first-order chi connectivity index (χ1) is 6.31. The smallest absolute Gasteiger partial charge is 0.308 e. The second kappa shape index (κ2) is 9.26. The van der Waals surface area contributed by atoms with Crippen molar-refractivity contribution in [3.8, 4) is 0 Å². The number of carbonyl (C=O) groups is 1. The molecule has 76 valence electrons. The van der Waals surface area contributed by atoms with E-state index >= 15 is 0 Å². The third-order valence-electron chi connectivity index (χ3n) is 1.45. The van der Waals surface area contributed by atoms with Crippen LogP contribution in [0.3, 0.4) is 0 Å². The van der Waals surface area contributed by atoms with Crippen molar-refractivity contribution in [1.29, 1.82) is 0 Å². The van der Waals surface area contributed by atoms with Gasteiger partial charge in [-0.15, -0.1) is 6.58 Å². The summed E-state index contributed by atoms with van der Waals surface area (Å²) in [5, 5.41) is 0. The Hall–Kier alpha value is -0.830. The fourth-order valence-electron chi connectivity index (χ4n) is 0.725. The number of hydrogen-bond donors (Lipinski definition) is 0. The van der Waals surface area contributed by atoms with Gasteiger partial charge in [-0.1, -0.05) is 19.4 Å². The van der Waals surface area contributed by atoms with Gasteiger partial charge in [0, 0.05) is 0 Å². The fourth-order valence-corrected chi connectivity index (χ4v) is 0.725. The van der Waals surface area contributed by atoms with E-state index in [2.05, 4.69) is 13.5 Å². The van der Waals surface area contributed by atoms with Crippen LogP contribution in [-0.2, 0) is 14.3 Å². The van der Waals surface area contributed by atoms with Crippen LogP contribution in [0, 0.1) is 0 Å². The van der Waals surface area contributed by atoms with Crippen LogP contribution in [0.2, 0.25) is 0 Å². The molecule has 0 saturated heterocycles. The largest absolute Gasteiger partial charge is 0.466 e. The molecular weight excluding hydrogens is 168 g/mol. The maximum absolute atomic E-state index is 11.0. The predicted molar refractivity (Wildman–Crippen MR) is 51.5 cm³/mol. The number of unbranched alkanes of at least 4 members (excludes halogenated alkanes) is 1. The van der Waals surface area contributed by atoms with Crippen molar-refractivity contribution in [3.63, 3.8) is 0 Å². The number of carbonyl (C=O) groups excluding carboxylic acids is 1. The molecule has 0 aromatic heterocycles. The molecule has 0 saturated carbocycles. The summed E-state index contributed by atoms with van der Waals surface area (Å²) in [5.74, 6) is -0.183. The Bertz CT molecular complexity index is 143. The monoisotopic (exact) mass is 186 g/mol. The van der Waals surface area contributed by atoms with Crippen molar-refractivity contribution >= 4 is 5.97 Å². The first kappa shape index (κ1) is 12.2. The van der Waals surface area contributed by atoms with Crippen LogP contribution in [0.25, 0.3) is 0 Å². The van der Waals surface area contributed by atoms with E-state index < -0.39 is 0 Å². The third-order valence-corrected chi connectivity index (χ3v) is 1.45. The van der Waals surface area contributed by atoms with Crippen LogP contribution in [0.5, 0.6) is 0 Å². The van der Waals surface area contributed by atoms with Gasteiger partial charge in [-0.3, -0.25) is 4.79 Å². The molecule has 0 aliphatic heterocycles. The lowest BCUT2D eigenvalue weighted by atomic mass is 10.4. The second-order valence-electron chi connectivity index (χ2n) is 2.69. The minimum Gasteiger partial charge on any atom is -0.466 e. The molecule has 3 nitrogen and oxygen atoms in total. The molecule has 0 aromatic rings. The fraction of sp³-hybridized carbons (Fsp3) is 0.700. The highest BCUT2D eigenvalue weighted by Crippen LogP contribution is 1.92. The summed E-state index contributed by atoms with van der Waals surface area (Å²) in [7, 11) is 0. The molecule has 0 heterocycles. The van der Waals surface area contributed by atoms with Crippen LogP contribution in [0.1, 0.15) is 26.2 Å². The molecular formula is C10H18O3. The molecule has 3 heteroatoms. The van der Waals surface area contributed by atoms with Gasteiger partial charge in [0.25, 0.3) is 0 Å². The van der Waals surface area contributed by atoms with Gasteiger partial charge >= 0.3 is 5.97 Å². The molecule has 13 heavy (non-hydrogen) atoms. The number of ether oxygens (including phenoxy) is 2. The third kappa shape index (κ3) is 9.08. The summed E-state index contributed by atoms with van der Waals surface area (Å²) in [6.45, 7) is 6.98. The zero-order valence-electron chi connectivity index (χ0n) is 8.25. The lowest BCUT2D eigenvalue weighted by Gasteiger charge is -2.03. The average molecular weight is 186 g/mol. The Morgan fingerprint density at radius 1 is 1.46 bits per heavy atom. The van der Waals surface area contributed by atoms with Crippen molar-refractivity contribution < 1.29 is 14.3 Å². The highest BCUT2D eigenvalue weighted by molar-refractivity contribution is 5.69. The molecule has 0 aliphatic carbocycles. The molecule has 0 rings (SSSR count). The zero-order valence-corrected chi connectivity index (χ0v) is 8.25. The Kier molecular flexibility index (Phi) is 8.67. The van der Waals surface area contributed by atoms with E-state index in [4.69, 9.17) is 9.47 Å². The van der Waals surface area contributed by atoms with Crippen molar-refractivity contribution in [2.45, 2.75) is 26.2 Å². The Balaban J connectivity index is 3.15. The lowest BCUT2D eigenvalue weighted by Crippen LogP contribution is -2.09. The summed E-state index contributed by atoms with van der Waals surface area (Å²) in [6.07, 6.45) is 3.96. The van der Waals surface area contributed by atoms with Gasteiger partial charge in [-0.25, -0.2) is 0 Å². The van der Waals surface area contributed by atoms with Crippen molar-refractivity contribution in [1.82, 2.24) is 0 Å². The predicted octanol–water partition coefficient (Wildman–Crippen LogP) is 1.92. The topological polar surface area (TPSA) is 35.5 Å². The molecule has 0 atom stereocenters. The van der Waals surface area contributed by atoms with E-state index in [1.807, 2.05) is 0 Å². The first-order valence-electron chi connectivity index (χ1n) is 4.65. The second-order valence-corrected chi connectivity index (χ2v) is 2.69. The summed E-state index contributed by atoms with van der Waals surface area (Å²) in [5.41, 5.74) is 0. The SMILES string of the molecule is C=CCOCCC(=O)OCCCC. The molecule has 0 radical (unpaired) electrons. The minimum absolute atomic E-state index is 0.183. The maximum Gasteiger partial charge on any atom is 0.308 e. The highest BCUT2D eigenvalue weighted by atomic mass is 16.5. The normalized spacial score (nSPS) is 9.62. The van der Waals surface area contributed by atoms with Crippen molar-refractivity contribution in [3.05, 3.63) is 12.7 Å². The Morgan fingerprint density at radius 3 is 2.85 bits per heavy atom. The number of esters is 1. The van der Waals surface area contributed by atoms with Gasteiger partial charge in [0.05, 0.1) is 26.2 Å². The summed E-state index contributed by atoms with van der Waals surface area (Å²) >= 11 is 0. The lowest BCUT2D eigenvalue weighted by molar-refractivity contribution is -0.144. The van der Waals surface area contributed by atoms with Crippen LogP contribution < -0.4 is 0 Å². The summed E-state index contributed by atoms with van der Waals surface area (Å²) in [6, 6.07) is 0. The molecule has 0 aliphatic rings. The van der Waals surface area contributed by atoms with Gasteiger partial charge in [0.2, 0.25) is 0 Å². The van der Waals surface area contributed by atoms with Gasteiger partial charge in [0.15, 0.2) is 0 Å². The van der Waals surface area contributed by atoms with Crippen LogP contribution in [-0.4, -0.2) is 25.8 Å². The van der Waals surface area contributed by atoms with Crippen LogP contribution in [0.15, 0.2) is 12.7 Å². The van der Waals surface area contributed by atoms with E-state index in [0.717, 1.165) is 12.8 Å². The molecule has 0 amide bonds. The van der Waals surface area contributed by atoms with Crippen LogP contribution in [0.4, 0.5) is 0 Å². The van der Waals surface area contributed by atoms with E-state index in [0.29, 0.717) is 26.2 Å². The Morgan fingerprint density at radius 2 is 2.23 bits per heavy atom. The number of rotatable bonds is 8. The van der Waals surface area contributed by atoms with Crippen molar-refractivity contribution in [2.24, 2.45) is 0 Å². The van der Waals surface area contributed by atoms with Crippen molar-refractivity contribution in [2.75, 3.05) is 19.8 Å². The molecule has 0 unspecified atom stereocenters. The highest BCUT2D eigenvalue weighted by Gasteiger charge is 2.00. The van der Waals surface area contributed by atoms with Crippen LogP contribution >= 0.6 is 0 Å². The van der Waals surface area contributed by atoms with E-state index in [-0.39, 0.29) is 5.97 Å². The zero-order chi connectivity index (χ0) is 9.94. The molecule has 0 aromatic carbocycles. The molecule has 0 fully saturated rings. The first-order valence-corrected chi connectivity index (χ1v) is 4.65. The molecule has 0 bridgehead atoms. The quantitative estimate of drug-likeness (QED) is 0.330. The molecule has 0 spiro atoms. The van der Waals surface area contributed by atoms with Gasteiger partial charge in [-0.2, -0.15) is 0 Å². The molecule has 0 N–H and O–H groups in total. The van der Waals surface area contributed by atoms with Gasteiger partial charge < -0.3 is 9.47 Å². The standard InChI is InChI=1S/C10H18O3/c1-3-5-8-13-10(11)6-9-12-7-4-2/h4H,2-3,5-9H2,1H3. The van der Waals surface area contributed by atoms with E-state index in [1.165, 1.54) is 0 Å². The maximum atomic E-state index is 11.0.